The van der Waals surface area contributed by atoms with E-state index in [2.05, 4.69) is 51.3 Å². The molecule has 0 amide bonds. The summed E-state index contributed by atoms with van der Waals surface area (Å²) in [5.74, 6) is 0.450. The average Bonchev–Trinajstić information content (AvgIpc) is 3.04. The van der Waals surface area contributed by atoms with Crippen molar-refractivity contribution >= 4 is 33.6 Å². The van der Waals surface area contributed by atoms with Crippen molar-refractivity contribution in [2.24, 2.45) is 5.18 Å². The lowest BCUT2D eigenvalue weighted by atomic mass is 10.1. The van der Waals surface area contributed by atoms with Gasteiger partial charge in [0.1, 0.15) is 12.4 Å². The Morgan fingerprint density at radius 1 is 1.08 bits per heavy atom. The molecule has 0 saturated carbocycles. The molecule has 7 heteroatoms. The normalized spacial score (nSPS) is 10.4. The molecule has 126 valence electrons. The van der Waals surface area contributed by atoms with Crippen molar-refractivity contribution in [3.8, 4) is 0 Å². The zero-order valence-corrected chi connectivity index (χ0v) is 13.7. The number of nitrogens with one attached hydrogen (secondary N) is 1. The number of aromatic amines is 1. The molecule has 4 rings (SSSR count). The van der Waals surface area contributed by atoms with Crippen LogP contribution in [0.3, 0.4) is 0 Å². The molecule has 2 aromatic heterocycles. The van der Waals surface area contributed by atoms with Crippen molar-refractivity contribution in [3.63, 3.8) is 0 Å². The van der Waals surface area contributed by atoms with E-state index in [1.807, 2.05) is 6.20 Å². The second-order valence-electron chi connectivity index (χ2n) is 5.67. The Labute approximate surface area is 144 Å². The Hall–Kier alpha value is -3.48. The van der Waals surface area contributed by atoms with E-state index in [0.29, 0.717) is 16.7 Å². The van der Waals surface area contributed by atoms with Gasteiger partial charge in [0.15, 0.2) is 0 Å². The molecule has 0 radical (unpaired) electrons. The minimum Gasteiger partial charge on any atom is -0.383 e. The summed E-state index contributed by atoms with van der Waals surface area (Å²) in [5.41, 5.74) is 15.1. The number of aromatic nitrogens is 3. The first-order valence-electron chi connectivity index (χ1n) is 7.71. The van der Waals surface area contributed by atoms with E-state index < -0.39 is 0 Å². The van der Waals surface area contributed by atoms with Gasteiger partial charge < -0.3 is 16.5 Å². The highest BCUT2D eigenvalue weighted by Crippen LogP contribution is 2.20. The molecule has 0 aliphatic heterocycles. The van der Waals surface area contributed by atoms with Gasteiger partial charge in [-0.2, -0.15) is 9.89 Å². The summed E-state index contributed by atoms with van der Waals surface area (Å²) >= 11 is 0. The molecule has 25 heavy (non-hydrogen) atoms. The van der Waals surface area contributed by atoms with Crippen LogP contribution in [0.4, 0.5) is 11.8 Å². The molecule has 0 fully saturated rings. The van der Waals surface area contributed by atoms with E-state index in [9.17, 15) is 4.91 Å². The summed E-state index contributed by atoms with van der Waals surface area (Å²) < 4.78 is 0. The van der Waals surface area contributed by atoms with Crippen LogP contribution < -0.4 is 11.5 Å². The Morgan fingerprint density at radius 3 is 2.72 bits per heavy atom. The second-order valence-corrected chi connectivity index (χ2v) is 5.67. The fourth-order valence-electron chi connectivity index (χ4n) is 2.55. The quantitative estimate of drug-likeness (QED) is 0.484. The molecule has 0 aliphatic carbocycles. The largest absolute Gasteiger partial charge is 0.383 e. The van der Waals surface area contributed by atoms with Gasteiger partial charge in [0.25, 0.3) is 0 Å². The summed E-state index contributed by atoms with van der Waals surface area (Å²) in [5, 5.41) is 4.77. The van der Waals surface area contributed by atoms with Crippen molar-refractivity contribution < 1.29 is 0 Å². The minimum atomic E-state index is 0.111. The lowest BCUT2D eigenvalue weighted by molar-refractivity contribution is 1.06. The van der Waals surface area contributed by atoms with Crippen molar-refractivity contribution in [1.82, 2.24) is 15.0 Å². The number of nitrogens with two attached hydrogens (primary N) is 2. The molecule has 2 aromatic carbocycles. The summed E-state index contributed by atoms with van der Waals surface area (Å²) in [6.07, 6.45) is 1.96. The average molecular weight is 334 g/mol. The molecule has 7 nitrogen and oxygen atoms in total. The number of anilines is 2. The standard InChI is InChI=1S/C9H9N5O.C9H9N/c10-8-6-3-5(4-12-15)1-2-7(6)13-9(11)14-8;1-7-2-3-8-4-5-10-9(8)6-7/h1-3H,4H2,(H4,10,11,13,14);2-6,10H,1H3. The van der Waals surface area contributed by atoms with Crippen LogP contribution in [0.1, 0.15) is 11.1 Å². The number of nitroso groups, excluding NO2 is 1. The number of rotatable bonds is 2. The molecule has 0 unspecified atom stereocenters. The summed E-state index contributed by atoms with van der Waals surface area (Å²) in [6, 6.07) is 13.7. The van der Waals surface area contributed by atoms with E-state index in [1.54, 1.807) is 18.2 Å². The van der Waals surface area contributed by atoms with Crippen LogP contribution in [0.2, 0.25) is 0 Å². The fourth-order valence-corrected chi connectivity index (χ4v) is 2.55. The van der Waals surface area contributed by atoms with Crippen LogP contribution in [0.5, 0.6) is 0 Å². The second kappa shape index (κ2) is 6.96. The van der Waals surface area contributed by atoms with Crippen LogP contribution in [-0.2, 0) is 6.54 Å². The third-order valence-electron chi connectivity index (χ3n) is 3.76. The van der Waals surface area contributed by atoms with Gasteiger partial charge in [-0.05, 0) is 47.7 Å². The van der Waals surface area contributed by atoms with Crippen LogP contribution in [-0.4, -0.2) is 15.0 Å². The zero-order valence-electron chi connectivity index (χ0n) is 13.7. The third kappa shape index (κ3) is 3.72. The zero-order chi connectivity index (χ0) is 17.8. The maximum absolute atomic E-state index is 10.1. The first kappa shape index (κ1) is 16.4. The third-order valence-corrected chi connectivity index (χ3v) is 3.76. The molecule has 5 N–H and O–H groups in total. The van der Waals surface area contributed by atoms with Crippen LogP contribution in [0.15, 0.2) is 53.8 Å². The van der Waals surface area contributed by atoms with Crippen molar-refractivity contribution in [2.45, 2.75) is 13.5 Å². The van der Waals surface area contributed by atoms with Crippen molar-refractivity contribution in [3.05, 3.63) is 64.7 Å². The molecule has 0 atom stereocenters. The summed E-state index contributed by atoms with van der Waals surface area (Å²) in [6.45, 7) is 2.21. The molecular formula is C18H18N6O. The van der Waals surface area contributed by atoms with E-state index in [0.717, 1.165) is 5.56 Å². The van der Waals surface area contributed by atoms with Gasteiger partial charge in [-0.3, -0.25) is 0 Å². The fraction of sp³-hybridized carbons (Fsp3) is 0.111. The monoisotopic (exact) mass is 334 g/mol. The SMILES string of the molecule is Cc1ccc2cc[nH]c2c1.Nc1nc(N)c2cc(CN=O)ccc2n1. The summed E-state index contributed by atoms with van der Waals surface area (Å²) in [4.78, 5) is 21.1. The van der Waals surface area contributed by atoms with E-state index >= 15 is 0 Å². The highest BCUT2D eigenvalue weighted by Gasteiger charge is 2.04. The molecule has 0 saturated heterocycles. The van der Waals surface area contributed by atoms with Crippen molar-refractivity contribution in [2.75, 3.05) is 11.5 Å². The van der Waals surface area contributed by atoms with Gasteiger partial charge in [0, 0.05) is 17.1 Å². The van der Waals surface area contributed by atoms with Crippen LogP contribution >= 0.6 is 0 Å². The maximum atomic E-state index is 10.1. The Balaban J connectivity index is 0.000000157. The van der Waals surface area contributed by atoms with E-state index in [-0.39, 0.29) is 12.5 Å². The topological polar surface area (TPSA) is 123 Å². The number of nitrogen functional groups attached to an aromatic ring is 2. The first-order valence-corrected chi connectivity index (χ1v) is 7.71. The lowest BCUT2D eigenvalue weighted by Crippen LogP contribution is -2.00. The molecule has 0 spiro atoms. The van der Waals surface area contributed by atoms with Gasteiger partial charge in [-0.15, -0.1) is 0 Å². The minimum absolute atomic E-state index is 0.111. The number of fused-ring (bicyclic) bond motifs is 2. The smallest absolute Gasteiger partial charge is 0.222 e. The number of nitrogens with zero attached hydrogens (tertiary/aromatic N) is 3. The molecule has 0 bridgehead atoms. The number of benzene rings is 2. The maximum Gasteiger partial charge on any atom is 0.222 e. The first-order chi connectivity index (χ1) is 12.1. The lowest BCUT2D eigenvalue weighted by Gasteiger charge is -2.03. The van der Waals surface area contributed by atoms with Crippen LogP contribution in [0, 0.1) is 11.8 Å². The highest BCUT2D eigenvalue weighted by molar-refractivity contribution is 5.89. The Kier molecular flexibility index (Phi) is 4.56. The predicted octanol–water partition coefficient (Wildman–Crippen LogP) is 3.54. The molecule has 0 aliphatic rings. The molecule has 4 aromatic rings. The number of hydrogen-bond donors (Lipinski definition) is 3. The number of H-pyrrole nitrogens is 1. The molecular weight excluding hydrogens is 316 g/mol. The van der Waals surface area contributed by atoms with Gasteiger partial charge in [-0.25, -0.2) is 4.98 Å². The van der Waals surface area contributed by atoms with Gasteiger partial charge >= 0.3 is 0 Å². The van der Waals surface area contributed by atoms with Gasteiger partial charge in [0.2, 0.25) is 5.95 Å². The van der Waals surface area contributed by atoms with Gasteiger partial charge in [0.05, 0.1) is 5.52 Å². The van der Waals surface area contributed by atoms with Gasteiger partial charge in [-0.1, -0.05) is 23.4 Å². The number of aryl methyl sites for hydroxylation is 1. The Bertz CT molecular complexity index is 1040. The predicted molar refractivity (Wildman–Crippen MR) is 101 cm³/mol. The van der Waals surface area contributed by atoms with E-state index in [4.69, 9.17) is 11.5 Å². The molecule has 2 heterocycles. The van der Waals surface area contributed by atoms with Crippen molar-refractivity contribution in [1.29, 1.82) is 0 Å². The van der Waals surface area contributed by atoms with Crippen LogP contribution in [0.25, 0.3) is 21.8 Å². The number of hydrogen-bond acceptors (Lipinski definition) is 6. The Morgan fingerprint density at radius 2 is 1.92 bits per heavy atom. The van der Waals surface area contributed by atoms with E-state index in [1.165, 1.54) is 16.5 Å². The highest BCUT2D eigenvalue weighted by atomic mass is 16.3. The summed E-state index contributed by atoms with van der Waals surface area (Å²) in [7, 11) is 0.